The smallest absolute Gasteiger partial charge is 0.419 e. The van der Waals surface area contributed by atoms with Crippen LogP contribution in [0.15, 0.2) is 12.1 Å². The summed E-state index contributed by atoms with van der Waals surface area (Å²) in [5, 5.41) is 2.70. The number of carbonyl (C=O) groups is 2. The molecule has 1 saturated carbocycles. The number of nitrogens with one attached hydrogen (secondary N) is 1. The minimum absolute atomic E-state index is 0.0802. The normalized spacial score (nSPS) is 26.7. The minimum Gasteiger partial charge on any atom is -0.447 e. The molecule has 1 aromatic carbocycles. The lowest BCUT2D eigenvalue weighted by molar-refractivity contribution is -0.155. The van der Waals surface area contributed by atoms with Gasteiger partial charge >= 0.3 is 12.3 Å². The molecule has 11 heteroatoms. The third-order valence-electron chi connectivity index (χ3n) is 5.55. The second-order valence-corrected chi connectivity index (χ2v) is 7.68. The van der Waals surface area contributed by atoms with E-state index in [0.29, 0.717) is 18.9 Å². The number of amides is 2. The molecule has 158 valence electrons. The average Bonchev–Trinajstić information content (AvgIpc) is 2.95. The van der Waals surface area contributed by atoms with Gasteiger partial charge in [-0.15, -0.1) is 0 Å². The van der Waals surface area contributed by atoms with E-state index in [1.54, 1.807) is 4.90 Å². The number of alkyl carbamates (subject to hydrolysis) is 1. The summed E-state index contributed by atoms with van der Waals surface area (Å²) in [5.41, 5.74) is -2.44. The van der Waals surface area contributed by atoms with E-state index in [-0.39, 0.29) is 43.2 Å². The summed E-state index contributed by atoms with van der Waals surface area (Å²) >= 11 is 0. The Morgan fingerprint density at radius 2 is 1.93 bits per heavy atom. The topological polar surface area (TPSA) is 67.9 Å². The molecule has 6 nitrogen and oxygen atoms in total. The van der Waals surface area contributed by atoms with Gasteiger partial charge in [-0.1, -0.05) is 0 Å². The van der Waals surface area contributed by atoms with Crippen LogP contribution < -0.4 is 5.32 Å². The number of rotatable bonds is 4. The molecular formula is C18H17F5N2O4. The molecule has 0 radical (unpaired) electrons. The molecule has 3 fully saturated rings. The molecular weight excluding hydrogens is 403 g/mol. The van der Waals surface area contributed by atoms with E-state index in [9.17, 15) is 31.5 Å². The Morgan fingerprint density at radius 3 is 2.52 bits per heavy atom. The molecule has 29 heavy (non-hydrogen) atoms. The fraction of sp³-hybridized carbons (Fsp3) is 0.556. The Labute approximate surface area is 161 Å². The van der Waals surface area contributed by atoms with E-state index in [2.05, 4.69) is 5.32 Å². The molecule has 3 aliphatic rings. The number of nitrogens with zero attached hydrogens (tertiary/aromatic N) is 1. The molecule has 0 aromatic heterocycles. The van der Waals surface area contributed by atoms with Crippen LogP contribution in [0.4, 0.5) is 26.7 Å². The average molecular weight is 420 g/mol. The van der Waals surface area contributed by atoms with Crippen molar-refractivity contribution < 1.29 is 41.0 Å². The van der Waals surface area contributed by atoms with Gasteiger partial charge in [0.15, 0.2) is 0 Å². The lowest BCUT2D eigenvalue weighted by Gasteiger charge is -2.47. The summed E-state index contributed by atoms with van der Waals surface area (Å²) in [6, 6.07) is 0.591. The predicted molar refractivity (Wildman–Crippen MR) is 86.5 cm³/mol. The van der Waals surface area contributed by atoms with Crippen molar-refractivity contribution in [1.82, 2.24) is 10.2 Å². The number of benzene rings is 1. The molecule has 2 aliphatic heterocycles. The van der Waals surface area contributed by atoms with Gasteiger partial charge in [0.25, 0.3) is 0 Å². The van der Waals surface area contributed by atoms with Gasteiger partial charge in [0, 0.05) is 24.6 Å². The van der Waals surface area contributed by atoms with Crippen LogP contribution >= 0.6 is 0 Å². The van der Waals surface area contributed by atoms with Crippen LogP contribution in [0.3, 0.4) is 0 Å². The first-order valence-electron chi connectivity index (χ1n) is 8.97. The number of hydrogen-bond donors (Lipinski definition) is 1. The van der Waals surface area contributed by atoms with Crippen LogP contribution in [0.1, 0.15) is 24.0 Å². The van der Waals surface area contributed by atoms with Crippen LogP contribution in [0, 0.1) is 17.6 Å². The summed E-state index contributed by atoms with van der Waals surface area (Å²) in [4.78, 5) is 25.1. The zero-order valence-corrected chi connectivity index (χ0v) is 15.0. The molecule has 0 atom stereocenters. The zero-order valence-electron chi connectivity index (χ0n) is 15.0. The largest absolute Gasteiger partial charge is 0.447 e. The van der Waals surface area contributed by atoms with Crippen molar-refractivity contribution in [1.29, 1.82) is 0 Å². The van der Waals surface area contributed by atoms with Crippen LogP contribution in [0.2, 0.25) is 0 Å². The van der Waals surface area contributed by atoms with Gasteiger partial charge in [-0.25, -0.2) is 13.6 Å². The first-order valence-corrected chi connectivity index (χ1v) is 8.97. The maximum atomic E-state index is 13.8. The Bertz CT molecular complexity index is 847. The third kappa shape index (κ3) is 3.75. The fourth-order valence-electron chi connectivity index (χ4n) is 3.88. The zero-order chi connectivity index (χ0) is 21.0. The van der Waals surface area contributed by atoms with E-state index >= 15 is 0 Å². The minimum atomic E-state index is -4.98. The molecule has 1 spiro atoms. The first-order chi connectivity index (χ1) is 13.6. The fourth-order valence-corrected chi connectivity index (χ4v) is 3.88. The van der Waals surface area contributed by atoms with Crippen LogP contribution in [0.5, 0.6) is 0 Å². The van der Waals surface area contributed by atoms with Crippen molar-refractivity contribution >= 4 is 12.0 Å². The SMILES string of the molecule is O=C1N[C@]2(CO1)C[C@H](C(=O)N1CC(OCc3cc(F)c(C(F)(F)F)cc3F)C1)C2. The molecule has 0 unspecified atom stereocenters. The van der Waals surface area contributed by atoms with Crippen molar-refractivity contribution in [2.45, 2.75) is 37.3 Å². The Morgan fingerprint density at radius 1 is 1.24 bits per heavy atom. The van der Waals surface area contributed by atoms with Crippen molar-refractivity contribution in [3.63, 3.8) is 0 Å². The molecule has 1 aliphatic carbocycles. The molecule has 4 rings (SSSR count). The Hall–Kier alpha value is -2.43. The predicted octanol–water partition coefficient (Wildman–Crippen LogP) is 2.60. The molecule has 2 saturated heterocycles. The van der Waals surface area contributed by atoms with Gasteiger partial charge in [-0.2, -0.15) is 13.2 Å². The molecule has 1 aromatic rings. The Balaban J connectivity index is 1.24. The Kier molecular flexibility index (Phi) is 4.67. The highest BCUT2D eigenvalue weighted by Gasteiger charge is 2.54. The van der Waals surface area contributed by atoms with Gasteiger partial charge in [0.05, 0.1) is 23.8 Å². The van der Waals surface area contributed by atoms with Crippen molar-refractivity contribution in [2.24, 2.45) is 5.92 Å². The highest BCUT2D eigenvalue weighted by Crippen LogP contribution is 2.42. The monoisotopic (exact) mass is 420 g/mol. The number of cyclic esters (lactones) is 1. The summed E-state index contributed by atoms with van der Waals surface area (Å²) in [5.74, 6) is -3.07. The summed E-state index contributed by atoms with van der Waals surface area (Å²) in [7, 11) is 0. The lowest BCUT2D eigenvalue weighted by atomic mass is 9.68. The highest BCUT2D eigenvalue weighted by atomic mass is 19.4. The second-order valence-electron chi connectivity index (χ2n) is 7.68. The van der Waals surface area contributed by atoms with E-state index < -0.39 is 47.7 Å². The number of likely N-dealkylation sites (tertiary alicyclic amines) is 1. The van der Waals surface area contributed by atoms with Gasteiger partial charge in [0.2, 0.25) is 5.91 Å². The number of halogens is 5. The molecule has 0 bridgehead atoms. The second kappa shape index (κ2) is 6.82. The number of carbonyl (C=O) groups excluding carboxylic acids is 2. The van der Waals surface area contributed by atoms with Gasteiger partial charge in [0.1, 0.15) is 18.2 Å². The van der Waals surface area contributed by atoms with Gasteiger partial charge in [-0.05, 0) is 25.0 Å². The van der Waals surface area contributed by atoms with E-state index in [4.69, 9.17) is 9.47 Å². The van der Waals surface area contributed by atoms with Gasteiger partial charge < -0.3 is 19.7 Å². The van der Waals surface area contributed by atoms with Crippen LogP contribution in [-0.4, -0.2) is 48.2 Å². The maximum Gasteiger partial charge on any atom is 0.419 e. The molecule has 2 amide bonds. The van der Waals surface area contributed by atoms with Crippen LogP contribution in [-0.2, 0) is 27.1 Å². The third-order valence-corrected chi connectivity index (χ3v) is 5.55. The van der Waals surface area contributed by atoms with Crippen molar-refractivity contribution in [2.75, 3.05) is 19.7 Å². The molecule has 1 N–H and O–H groups in total. The lowest BCUT2D eigenvalue weighted by Crippen LogP contribution is -2.62. The van der Waals surface area contributed by atoms with Crippen LogP contribution in [0.25, 0.3) is 0 Å². The number of hydrogen-bond acceptors (Lipinski definition) is 4. The highest BCUT2D eigenvalue weighted by molar-refractivity contribution is 5.82. The van der Waals surface area contributed by atoms with E-state index in [0.717, 1.165) is 0 Å². The van der Waals surface area contributed by atoms with E-state index in [1.165, 1.54) is 0 Å². The summed E-state index contributed by atoms with van der Waals surface area (Å²) in [6.07, 6.45) is -4.88. The maximum absolute atomic E-state index is 13.8. The number of ether oxygens (including phenoxy) is 2. The van der Waals surface area contributed by atoms with Gasteiger partial charge in [-0.3, -0.25) is 4.79 Å². The summed E-state index contributed by atoms with van der Waals surface area (Å²) in [6.45, 7) is 0.367. The first kappa shape index (κ1) is 19.9. The number of alkyl halides is 3. The van der Waals surface area contributed by atoms with Crippen molar-refractivity contribution in [3.8, 4) is 0 Å². The van der Waals surface area contributed by atoms with Crippen molar-refractivity contribution in [3.05, 3.63) is 34.9 Å². The van der Waals surface area contributed by atoms with E-state index in [1.807, 2.05) is 0 Å². The summed E-state index contributed by atoms with van der Waals surface area (Å²) < 4.78 is 75.3. The standard InChI is InChI=1S/C18H17F5N2O4/c19-13-2-12(18(21,22)23)14(20)1-9(13)7-28-11-5-25(6-11)15(26)10-3-17(4-10)8-29-16(27)24-17/h1-2,10-11H,3-8H2,(H,24,27)/t10-,17+. The quantitative estimate of drug-likeness (QED) is 0.761. The molecule has 2 heterocycles.